The molecule has 0 aliphatic heterocycles. The van der Waals surface area contributed by atoms with Crippen LogP contribution >= 0.6 is 0 Å². The molecule has 1 heterocycles. The van der Waals surface area contributed by atoms with Crippen molar-refractivity contribution >= 4 is 11.7 Å². The molecule has 0 fully saturated rings. The van der Waals surface area contributed by atoms with Gasteiger partial charge in [0, 0.05) is 11.6 Å². The normalized spacial score (nSPS) is 11.7. The van der Waals surface area contributed by atoms with Crippen molar-refractivity contribution in [3.8, 4) is 11.8 Å². The van der Waals surface area contributed by atoms with Crippen LogP contribution in [0.25, 0.3) is 5.69 Å². The second kappa shape index (κ2) is 6.09. The molecule has 1 unspecified atom stereocenters. The maximum Gasteiger partial charge on any atom is 0.251 e. The van der Waals surface area contributed by atoms with Crippen molar-refractivity contribution in [2.75, 3.05) is 5.73 Å². The average molecular weight is 283 g/mol. The van der Waals surface area contributed by atoms with Gasteiger partial charge in [-0.05, 0) is 37.6 Å². The zero-order valence-corrected chi connectivity index (χ0v) is 12.0. The summed E-state index contributed by atoms with van der Waals surface area (Å²) in [4.78, 5) is 12.0. The first-order valence-electron chi connectivity index (χ1n) is 6.71. The summed E-state index contributed by atoms with van der Waals surface area (Å²) >= 11 is 0. The molecular formula is C15H17N5O. The van der Waals surface area contributed by atoms with Gasteiger partial charge >= 0.3 is 0 Å². The van der Waals surface area contributed by atoms with E-state index in [1.54, 1.807) is 24.3 Å². The molecule has 6 nitrogen and oxygen atoms in total. The van der Waals surface area contributed by atoms with Gasteiger partial charge in [-0.2, -0.15) is 10.4 Å². The summed E-state index contributed by atoms with van der Waals surface area (Å²) < 4.78 is 1.47. The highest BCUT2D eigenvalue weighted by Gasteiger charge is 2.11. The summed E-state index contributed by atoms with van der Waals surface area (Å²) in [5, 5.41) is 15.8. The van der Waals surface area contributed by atoms with E-state index < -0.39 is 0 Å². The van der Waals surface area contributed by atoms with Crippen molar-refractivity contribution < 1.29 is 4.79 Å². The maximum absolute atomic E-state index is 12.0. The van der Waals surface area contributed by atoms with Gasteiger partial charge in [0.25, 0.3) is 5.91 Å². The number of hydrogen-bond acceptors (Lipinski definition) is 4. The van der Waals surface area contributed by atoms with Crippen molar-refractivity contribution in [1.29, 1.82) is 5.26 Å². The molecule has 1 aromatic heterocycles. The summed E-state index contributed by atoms with van der Waals surface area (Å²) in [5.41, 5.74) is 7.43. The lowest BCUT2D eigenvalue weighted by Gasteiger charge is -2.11. The molecule has 1 amide bonds. The van der Waals surface area contributed by atoms with Crippen LogP contribution in [0, 0.1) is 11.3 Å². The Morgan fingerprint density at radius 1 is 1.48 bits per heavy atom. The van der Waals surface area contributed by atoms with Gasteiger partial charge in [0.2, 0.25) is 0 Å². The molecule has 1 aromatic carbocycles. The highest BCUT2D eigenvalue weighted by molar-refractivity contribution is 5.94. The van der Waals surface area contributed by atoms with Crippen LogP contribution in [0.15, 0.2) is 30.5 Å². The number of rotatable bonds is 4. The van der Waals surface area contributed by atoms with E-state index in [9.17, 15) is 4.79 Å². The van der Waals surface area contributed by atoms with Gasteiger partial charge in [0.05, 0.1) is 11.9 Å². The smallest absolute Gasteiger partial charge is 0.251 e. The van der Waals surface area contributed by atoms with Gasteiger partial charge in [-0.1, -0.05) is 6.92 Å². The minimum atomic E-state index is -0.109. The van der Waals surface area contributed by atoms with Crippen LogP contribution in [0.3, 0.4) is 0 Å². The van der Waals surface area contributed by atoms with Crippen LogP contribution in [0.4, 0.5) is 5.82 Å². The van der Waals surface area contributed by atoms with Crippen molar-refractivity contribution in [1.82, 2.24) is 15.1 Å². The fourth-order valence-corrected chi connectivity index (χ4v) is 1.81. The van der Waals surface area contributed by atoms with Crippen LogP contribution in [-0.4, -0.2) is 21.7 Å². The number of carbonyl (C=O) groups excluding carboxylic acids is 1. The van der Waals surface area contributed by atoms with Crippen molar-refractivity contribution in [2.45, 2.75) is 26.3 Å². The van der Waals surface area contributed by atoms with Crippen molar-refractivity contribution in [3.63, 3.8) is 0 Å². The molecule has 0 spiro atoms. The maximum atomic E-state index is 12.0. The third kappa shape index (κ3) is 3.03. The molecule has 0 radical (unpaired) electrons. The lowest BCUT2D eigenvalue weighted by molar-refractivity contribution is 0.0939. The number of nitrogens with zero attached hydrogens (tertiary/aromatic N) is 3. The Morgan fingerprint density at radius 2 is 2.14 bits per heavy atom. The molecule has 2 aromatic rings. The summed E-state index contributed by atoms with van der Waals surface area (Å²) in [7, 11) is 0. The molecule has 0 saturated carbocycles. The number of nitrogens with two attached hydrogens (primary N) is 1. The Labute approximate surface area is 123 Å². The van der Waals surface area contributed by atoms with E-state index in [0.29, 0.717) is 16.8 Å². The molecule has 0 saturated heterocycles. The number of nitrogen functional groups attached to an aromatic ring is 1. The zero-order valence-electron chi connectivity index (χ0n) is 12.0. The van der Waals surface area contributed by atoms with Gasteiger partial charge in [-0.15, -0.1) is 0 Å². The summed E-state index contributed by atoms with van der Waals surface area (Å²) in [6, 6.07) is 9.02. The minimum absolute atomic E-state index is 0.109. The molecule has 1 atom stereocenters. The summed E-state index contributed by atoms with van der Waals surface area (Å²) in [6.07, 6.45) is 2.30. The van der Waals surface area contributed by atoms with Crippen molar-refractivity contribution in [2.24, 2.45) is 0 Å². The number of carbonyl (C=O) groups is 1. The molecule has 6 heteroatoms. The Hall–Kier alpha value is -2.81. The number of benzene rings is 1. The first-order valence-corrected chi connectivity index (χ1v) is 6.71. The molecule has 21 heavy (non-hydrogen) atoms. The van der Waals surface area contributed by atoms with Gasteiger partial charge in [0.1, 0.15) is 17.5 Å². The fourth-order valence-electron chi connectivity index (χ4n) is 1.81. The third-order valence-electron chi connectivity index (χ3n) is 3.29. The number of aromatic nitrogens is 2. The largest absolute Gasteiger partial charge is 0.382 e. The van der Waals surface area contributed by atoms with Crippen LogP contribution in [0.1, 0.15) is 36.2 Å². The second-order valence-electron chi connectivity index (χ2n) is 4.80. The third-order valence-corrected chi connectivity index (χ3v) is 3.29. The molecule has 0 aliphatic rings. The molecule has 3 N–H and O–H groups in total. The topological polar surface area (TPSA) is 96.7 Å². The highest BCUT2D eigenvalue weighted by atomic mass is 16.1. The van der Waals surface area contributed by atoms with Crippen molar-refractivity contribution in [3.05, 3.63) is 41.6 Å². The van der Waals surface area contributed by atoms with Gasteiger partial charge in [-0.25, -0.2) is 4.68 Å². The van der Waals surface area contributed by atoms with Crippen LogP contribution < -0.4 is 11.1 Å². The standard InChI is InChI=1S/C15H17N5O/c1-3-10(2)19-15(21)11-4-6-13(7-5-11)20-14(17)12(8-16)9-18-20/h4-7,9-10H,3,17H2,1-2H3,(H,19,21). The molecule has 2 rings (SSSR count). The average Bonchev–Trinajstić information content (AvgIpc) is 2.88. The monoisotopic (exact) mass is 283 g/mol. The number of hydrogen-bond donors (Lipinski definition) is 2. The number of nitrogens with one attached hydrogen (secondary N) is 1. The first-order chi connectivity index (χ1) is 10.1. The Balaban J connectivity index is 2.21. The summed E-state index contributed by atoms with van der Waals surface area (Å²) in [6.45, 7) is 3.97. The van der Waals surface area contributed by atoms with E-state index in [2.05, 4.69) is 10.4 Å². The Morgan fingerprint density at radius 3 is 2.67 bits per heavy atom. The molecule has 108 valence electrons. The van der Waals surface area contributed by atoms with Gasteiger partial charge in [-0.3, -0.25) is 4.79 Å². The van der Waals surface area contributed by atoms with Gasteiger partial charge in [0.15, 0.2) is 0 Å². The van der Waals surface area contributed by atoms with Crippen LogP contribution in [-0.2, 0) is 0 Å². The minimum Gasteiger partial charge on any atom is -0.382 e. The Bertz CT molecular complexity index is 681. The predicted molar refractivity (Wildman–Crippen MR) is 79.9 cm³/mol. The van der Waals surface area contributed by atoms with Gasteiger partial charge < -0.3 is 11.1 Å². The molecule has 0 bridgehead atoms. The van der Waals surface area contributed by atoms with E-state index in [-0.39, 0.29) is 17.8 Å². The van der Waals surface area contributed by atoms with Crippen LogP contribution in [0.5, 0.6) is 0 Å². The highest BCUT2D eigenvalue weighted by Crippen LogP contribution is 2.16. The van der Waals surface area contributed by atoms with E-state index in [1.807, 2.05) is 19.9 Å². The summed E-state index contributed by atoms with van der Waals surface area (Å²) in [5.74, 6) is 0.177. The number of amides is 1. The van der Waals surface area contributed by atoms with E-state index in [4.69, 9.17) is 11.0 Å². The Kier molecular flexibility index (Phi) is 4.24. The lowest BCUT2D eigenvalue weighted by Crippen LogP contribution is -2.31. The lowest BCUT2D eigenvalue weighted by atomic mass is 10.1. The molecular weight excluding hydrogens is 266 g/mol. The molecule has 0 aliphatic carbocycles. The van der Waals surface area contributed by atoms with E-state index in [0.717, 1.165) is 6.42 Å². The predicted octanol–water partition coefficient (Wildman–Crippen LogP) is 1.85. The second-order valence-corrected chi connectivity index (χ2v) is 4.80. The van der Waals surface area contributed by atoms with Crippen LogP contribution in [0.2, 0.25) is 0 Å². The quantitative estimate of drug-likeness (QED) is 0.894. The zero-order chi connectivity index (χ0) is 15.4. The number of anilines is 1. The first kappa shape index (κ1) is 14.6. The van der Waals surface area contributed by atoms with E-state index in [1.165, 1.54) is 10.9 Å². The fraction of sp³-hybridized carbons (Fsp3) is 0.267. The number of nitriles is 1. The SMILES string of the molecule is CCC(C)NC(=O)c1ccc(-n2ncc(C#N)c2N)cc1. The van der Waals surface area contributed by atoms with E-state index >= 15 is 0 Å².